The molecule has 0 unspecified atom stereocenters. The maximum absolute atomic E-state index is 13.4. The molecule has 2 heterocycles. The van der Waals surface area contributed by atoms with E-state index in [1.54, 1.807) is 4.90 Å². The van der Waals surface area contributed by atoms with Gasteiger partial charge in [-0.25, -0.2) is 22.2 Å². The Morgan fingerprint density at radius 3 is 2.61 bits per heavy atom. The molecule has 0 radical (unpaired) electrons. The van der Waals surface area contributed by atoms with Crippen LogP contribution in [0, 0.1) is 17.8 Å². The summed E-state index contributed by atoms with van der Waals surface area (Å²) in [5, 5.41) is 5.88. The lowest BCUT2D eigenvalue weighted by molar-refractivity contribution is -0.139. The number of carbonyl (C=O) groups excluding carboxylic acids is 1. The van der Waals surface area contributed by atoms with Crippen molar-refractivity contribution in [1.29, 1.82) is 0 Å². The minimum atomic E-state index is -4.54. The van der Waals surface area contributed by atoms with Crippen LogP contribution in [-0.4, -0.2) is 87.0 Å². The topological polar surface area (TPSA) is 106 Å². The molecule has 2 atom stereocenters. The first-order valence-electron chi connectivity index (χ1n) is 13.6. The Kier molecular flexibility index (Phi) is 10.0. The van der Waals surface area contributed by atoms with E-state index < -0.39 is 34.9 Å². The van der Waals surface area contributed by atoms with E-state index in [2.05, 4.69) is 27.5 Å². The van der Waals surface area contributed by atoms with Crippen molar-refractivity contribution in [2.45, 2.75) is 43.4 Å². The number of aromatic nitrogens is 2. The maximum Gasteiger partial charge on any atom is 0.406 e. The summed E-state index contributed by atoms with van der Waals surface area (Å²) in [5.41, 5.74) is 0.794. The van der Waals surface area contributed by atoms with Crippen molar-refractivity contribution in [1.82, 2.24) is 19.8 Å². The zero-order valence-electron chi connectivity index (χ0n) is 24.2. The Hall–Kier alpha value is -3.90. The van der Waals surface area contributed by atoms with Gasteiger partial charge in [0, 0.05) is 31.0 Å². The van der Waals surface area contributed by atoms with Crippen LogP contribution in [0.25, 0.3) is 11.0 Å². The second-order valence-electron chi connectivity index (χ2n) is 10.7. The number of amides is 1. The summed E-state index contributed by atoms with van der Waals surface area (Å²) in [6, 6.07) is 6.82. The second-order valence-corrected chi connectivity index (χ2v) is 12.7. The summed E-state index contributed by atoms with van der Waals surface area (Å²) >= 11 is 0. The molecule has 0 aliphatic carbocycles. The van der Waals surface area contributed by atoms with Gasteiger partial charge in [-0.15, -0.1) is 0 Å². The SMILES string of the molecule is COc1ccc(S(C)(=O)=O)cc1NCC#Cc1cc(C(=O)N[C@H]2CCN(CC(F)F)C[C@@H]2C)c2ncn(CC(F)(F)F)c2c1. The summed E-state index contributed by atoms with van der Waals surface area (Å²) in [5.74, 6) is 5.37. The van der Waals surface area contributed by atoms with Gasteiger partial charge < -0.3 is 19.9 Å². The molecule has 238 valence electrons. The summed E-state index contributed by atoms with van der Waals surface area (Å²) in [6.45, 7) is 0.908. The van der Waals surface area contributed by atoms with Crippen LogP contribution in [-0.2, 0) is 16.4 Å². The number of alkyl halides is 5. The quantitative estimate of drug-likeness (QED) is 0.267. The fourth-order valence-electron chi connectivity index (χ4n) is 5.12. The standard InChI is InChI=1S/C29H32F5N5O4S/c1-18-14-38(15-26(30)31)10-8-22(18)37-28(40)21-11-19(12-24-27(21)36-17-39(24)16-29(32,33)34)5-4-9-35-23-13-20(44(3,41)42)6-7-25(23)43-2/h6-7,11-13,17-18,22,26,35H,8-10,14-16H2,1-3H3,(H,37,40)/t18-,22-/m0/s1. The van der Waals surface area contributed by atoms with Gasteiger partial charge in [-0.1, -0.05) is 18.8 Å². The van der Waals surface area contributed by atoms with Crippen LogP contribution in [0.4, 0.5) is 27.6 Å². The predicted molar refractivity (Wildman–Crippen MR) is 155 cm³/mol. The van der Waals surface area contributed by atoms with E-state index in [-0.39, 0.29) is 52.1 Å². The van der Waals surface area contributed by atoms with Gasteiger partial charge in [0.1, 0.15) is 17.8 Å². The fraction of sp³-hybridized carbons (Fsp3) is 0.448. The van der Waals surface area contributed by atoms with Crippen molar-refractivity contribution in [3.8, 4) is 17.6 Å². The number of nitrogens with one attached hydrogen (secondary N) is 2. The highest BCUT2D eigenvalue weighted by Crippen LogP contribution is 2.28. The largest absolute Gasteiger partial charge is 0.495 e. The Morgan fingerprint density at radius 1 is 1.23 bits per heavy atom. The van der Waals surface area contributed by atoms with Crippen LogP contribution < -0.4 is 15.4 Å². The summed E-state index contributed by atoms with van der Waals surface area (Å²) in [6.07, 6.45) is -4.49. The number of benzene rings is 2. The van der Waals surface area contributed by atoms with Gasteiger partial charge in [0.25, 0.3) is 12.3 Å². The van der Waals surface area contributed by atoms with E-state index in [1.807, 2.05) is 6.92 Å². The van der Waals surface area contributed by atoms with Crippen LogP contribution in [0.15, 0.2) is 41.6 Å². The Balaban J connectivity index is 1.60. The van der Waals surface area contributed by atoms with Gasteiger partial charge in [0.2, 0.25) is 0 Å². The first-order chi connectivity index (χ1) is 20.6. The van der Waals surface area contributed by atoms with E-state index in [9.17, 15) is 35.2 Å². The van der Waals surface area contributed by atoms with E-state index in [4.69, 9.17) is 4.74 Å². The van der Waals surface area contributed by atoms with Crippen LogP contribution in [0.2, 0.25) is 0 Å². The zero-order chi connectivity index (χ0) is 32.2. The Bertz CT molecular complexity index is 1680. The van der Waals surface area contributed by atoms with Crippen molar-refractivity contribution in [2.75, 3.05) is 44.9 Å². The molecule has 0 saturated carbocycles. The lowest BCUT2D eigenvalue weighted by atomic mass is 9.93. The third-order valence-corrected chi connectivity index (χ3v) is 8.33. The molecule has 0 spiro atoms. The zero-order valence-corrected chi connectivity index (χ0v) is 25.0. The van der Waals surface area contributed by atoms with Gasteiger partial charge in [-0.05, 0) is 42.7 Å². The number of imidazole rings is 1. The predicted octanol–water partition coefficient (Wildman–Crippen LogP) is 4.18. The monoisotopic (exact) mass is 641 g/mol. The number of ether oxygens (including phenoxy) is 1. The molecule has 1 amide bonds. The first kappa shape index (κ1) is 33.0. The van der Waals surface area contributed by atoms with Gasteiger partial charge >= 0.3 is 6.18 Å². The highest BCUT2D eigenvalue weighted by molar-refractivity contribution is 7.90. The highest BCUT2D eigenvalue weighted by Gasteiger charge is 2.31. The average Bonchev–Trinajstić information content (AvgIpc) is 3.32. The number of carbonyl (C=O) groups is 1. The molecule has 3 aromatic rings. The molecule has 9 nitrogen and oxygen atoms in total. The van der Waals surface area contributed by atoms with Crippen LogP contribution in [0.1, 0.15) is 29.3 Å². The molecule has 2 aromatic carbocycles. The summed E-state index contributed by atoms with van der Waals surface area (Å²) in [4.78, 5) is 19.2. The number of fused-ring (bicyclic) bond motifs is 1. The normalized spacial score (nSPS) is 17.8. The number of likely N-dealkylation sites (tertiary alicyclic amines) is 1. The highest BCUT2D eigenvalue weighted by atomic mass is 32.2. The number of hydrogen-bond acceptors (Lipinski definition) is 7. The smallest absolute Gasteiger partial charge is 0.406 e. The van der Waals surface area contributed by atoms with Crippen LogP contribution >= 0.6 is 0 Å². The van der Waals surface area contributed by atoms with E-state index in [0.29, 0.717) is 30.9 Å². The molecule has 1 saturated heterocycles. The number of piperidine rings is 1. The Labute approximate surface area is 251 Å². The van der Waals surface area contributed by atoms with Gasteiger partial charge in [-0.3, -0.25) is 9.69 Å². The molecule has 1 fully saturated rings. The molecule has 44 heavy (non-hydrogen) atoms. The van der Waals surface area contributed by atoms with Crippen LogP contribution in [0.5, 0.6) is 5.75 Å². The second kappa shape index (κ2) is 13.4. The minimum absolute atomic E-state index is 0.0136. The van der Waals surface area contributed by atoms with Crippen molar-refractivity contribution >= 4 is 32.5 Å². The van der Waals surface area contributed by atoms with Crippen molar-refractivity contribution in [3.05, 3.63) is 47.8 Å². The fourth-order valence-corrected chi connectivity index (χ4v) is 5.77. The van der Waals surface area contributed by atoms with E-state index in [1.165, 1.54) is 37.4 Å². The third kappa shape index (κ3) is 8.38. The maximum atomic E-state index is 13.4. The molecule has 2 N–H and O–H groups in total. The van der Waals surface area contributed by atoms with Crippen molar-refractivity contribution in [3.63, 3.8) is 0 Å². The molecule has 1 aliphatic rings. The number of nitrogens with zero attached hydrogens (tertiary/aromatic N) is 3. The van der Waals surface area contributed by atoms with Gasteiger partial charge in [0.05, 0.1) is 48.2 Å². The van der Waals surface area contributed by atoms with E-state index >= 15 is 0 Å². The molecule has 15 heteroatoms. The number of rotatable bonds is 9. The molecular weight excluding hydrogens is 609 g/mol. The van der Waals surface area contributed by atoms with Gasteiger partial charge in [-0.2, -0.15) is 13.2 Å². The van der Waals surface area contributed by atoms with Crippen molar-refractivity contribution in [2.24, 2.45) is 5.92 Å². The molecule has 1 aliphatic heterocycles. The third-order valence-electron chi connectivity index (χ3n) is 7.22. The average molecular weight is 642 g/mol. The number of sulfone groups is 1. The summed E-state index contributed by atoms with van der Waals surface area (Å²) < 4.78 is 95.5. The first-order valence-corrected chi connectivity index (χ1v) is 15.5. The van der Waals surface area contributed by atoms with Crippen LogP contribution in [0.3, 0.4) is 0 Å². The minimum Gasteiger partial charge on any atom is -0.495 e. The lowest BCUT2D eigenvalue weighted by Gasteiger charge is -2.37. The molecule has 1 aromatic heterocycles. The number of halogens is 5. The molecule has 4 rings (SSSR count). The van der Waals surface area contributed by atoms with Gasteiger partial charge in [0.15, 0.2) is 9.84 Å². The lowest BCUT2D eigenvalue weighted by Crippen LogP contribution is -2.50. The van der Waals surface area contributed by atoms with E-state index in [0.717, 1.165) is 17.2 Å². The number of methoxy groups -OCH3 is 1. The number of anilines is 1. The summed E-state index contributed by atoms with van der Waals surface area (Å²) in [7, 11) is -2.06. The Morgan fingerprint density at radius 2 is 1.98 bits per heavy atom. The molecule has 0 bridgehead atoms. The number of hydrogen-bond donors (Lipinski definition) is 2. The molecular formula is C29H32F5N5O4S. The van der Waals surface area contributed by atoms with Crippen molar-refractivity contribution < 1.29 is 39.9 Å².